The lowest BCUT2D eigenvalue weighted by atomic mass is 9.92. The number of benzene rings is 1. The Morgan fingerprint density at radius 3 is 2.35 bits per heavy atom. The van der Waals surface area contributed by atoms with Crippen molar-refractivity contribution in [3.05, 3.63) is 28.8 Å². The molecule has 1 aromatic carbocycles. The summed E-state index contributed by atoms with van der Waals surface area (Å²) >= 11 is 0. The van der Waals surface area contributed by atoms with Crippen molar-refractivity contribution >= 4 is 15.9 Å². The summed E-state index contributed by atoms with van der Waals surface area (Å²) in [5.41, 5.74) is 1.63. The van der Waals surface area contributed by atoms with Crippen molar-refractivity contribution in [2.75, 3.05) is 7.11 Å². The van der Waals surface area contributed by atoms with Crippen LogP contribution in [0.1, 0.15) is 47.2 Å². The van der Waals surface area contributed by atoms with Crippen molar-refractivity contribution in [3.63, 3.8) is 0 Å². The van der Waals surface area contributed by atoms with Gasteiger partial charge in [-0.1, -0.05) is 0 Å². The highest BCUT2D eigenvalue weighted by Crippen LogP contribution is 2.23. The van der Waals surface area contributed by atoms with E-state index in [1.54, 1.807) is 27.0 Å². The number of nitrogens with one attached hydrogen (secondary N) is 1. The number of rotatable bonds is 4. The number of sulfonamides is 1. The molecule has 1 fully saturated rings. The predicted molar refractivity (Wildman–Crippen MR) is 87.8 cm³/mol. The second-order valence-electron chi connectivity index (χ2n) is 6.14. The summed E-state index contributed by atoms with van der Waals surface area (Å²) in [7, 11) is -2.15. The standard InChI is InChI=1S/C16H24N2O4S/c1-10-8-12(9-15(11(10)2)23(17,20)21)16(19)18-13-4-6-14(22-3)7-5-13/h8-9,13-14H,4-7H2,1-3H3,(H,18,19)(H2,17,20,21). The molecule has 0 saturated heterocycles. The number of carbonyl (C=O) groups is 1. The van der Waals surface area contributed by atoms with Gasteiger partial charge in [-0.3, -0.25) is 4.79 Å². The Morgan fingerprint density at radius 1 is 1.22 bits per heavy atom. The van der Waals surface area contributed by atoms with E-state index in [-0.39, 0.29) is 22.9 Å². The Hall–Kier alpha value is -1.44. The van der Waals surface area contributed by atoms with E-state index in [1.165, 1.54) is 6.07 Å². The quantitative estimate of drug-likeness (QED) is 0.870. The second-order valence-corrected chi connectivity index (χ2v) is 7.67. The molecule has 0 spiro atoms. The minimum atomic E-state index is -3.85. The lowest BCUT2D eigenvalue weighted by molar-refractivity contribution is 0.0599. The summed E-state index contributed by atoms with van der Waals surface area (Å²) in [5.74, 6) is -0.265. The van der Waals surface area contributed by atoms with Crippen molar-refractivity contribution in [2.24, 2.45) is 5.14 Å². The van der Waals surface area contributed by atoms with Gasteiger partial charge in [-0.15, -0.1) is 0 Å². The van der Waals surface area contributed by atoms with Crippen LogP contribution in [0.2, 0.25) is 0 Å². The van der Waals surface area contributed by atoms with Crippen molar-refractivity contribution in [1.29, 1.82) is 0 Å². The van der Waals surface area contributed by atoms with E-state index >= 15 is 0 Å². The van der Waals surface area contributed by atoms with Gasteiger partial charge in [-0.2, -0.15) is 0 Å². The maximum Gasteiger partial charge on any atom is 0.251 e. The first-order valence-corrected chi connectivity index (χ1v) is 9.24. The van der Waals surface area contributed by atoms with E-state index in [0.29, 0.717) is 11.1 Å². The Labute approximate surface area is 137 Å². The molecule has 0 unspecified atom stereocenters. The van der Waals surface area contributed by atoms with Gasteiger partial charge in [0.25, 0.3) is 5.91 Å². The second kappa shape index (κ2) is 6.98. The number of aryl methyl sites for hydroxylation is 1. The van der Waals surface area contributed by atoms with Crippen molar-refractivity contribution < 1.29 is 17.9 Å². The lowest BCUT2D eigenvalue weighted by Crippen LogP contribution is -2.39. The monoisotopic (exact) mass is 340 g/mol. The van der Waals surface area contributed by atoms with Crippen LogP contribution < -0.4 is 10.5 Å². The summed E-state index contributed by atoms with van der Waals surface area (Å²) in [6.45, 7) is 3.45. The van der Waals surface area contributed by atoms with Crippen LogP contribution in [-0.4, -0.2) is 33.6 Å². The number of ether oxygens (including phenoxy) is 1. The summed E-state index contributed by atoms with van der Waals surface area (Å²) in [4.78, 5) is 12.4. The maximum absolute atomic E-state index is 12.4. The Kier molecular flexibility index (Phi) is 5.44. The van der Waals surface area contributed by atoms with Crippen LogP contribution in [-0.2, 0) is 14.8 Å². The molecule has 1 amide bonds. The zero-order valence-corrected chi connectivity index (χ0v) is 14.6. The largest absolute Gasteiger partial charge is 0.381 e. The third-order valence-corrected chi connectivity index (χ3v) is 5.57. The summed E-state index contributed by atoms with van der Waals surface area (Å²) < 4.78 is 28.7. The number of nitrogens with two attached hydrogens (primary N) is 1. The molecule has 0 bridgehead atoms. The number of hydrogen-bond donors (Lipinski definition) is 2. The van der Waals surface area contributed by atoms with Gasteiger partial charge in [0, 0.05) is 18.7 Å². The first-order chi connectivity index (χ1) is 10.7. The first kappa shape index (κ1) is 17.9. The lowest BCUT2D eigenvalue weighted by Gasteiger charge is -2.28. The molecule has 0 radical (unpaired) electrons. The number of hydrogen-bond acceptors (Lipinski definition) is 4. The molecule has 23 heavy (non-hydrogen) atoms. The third-order valence-electron chi connectivity index (χ3n) is 4.53. The van der Waals surface area contributed by atoms with Crippen molar-refractivity contribution in [2.45, 2.75) is 56.6 Å². The molecule has 0 heterocycles. The highest BCUT2D eigenvalue weighted by atomic mass is 32.2. The van der Waals surface area contributed by atoms with Crippen LogP contribution in [0.15, 0.2) is 17.0 Å². The topological polar surface area (TPSA) is 98.5 Å². The maximum atomic E-state index is 12.4. The third kappa shape index (κ3) is 4.31. The number of methoxy groups -OCH3 is 1. The molecule has 128 valence electrons. The molecule has 0 aromatic heterocycles. The SMILES string of the molecule is COC1CCC(NC(=O)c2cc(C)c(C)c(S(N)(=O)=O)c2)CC1. The summed E-state index contributed by atoms with van der Waals surface area (Å²) in [6, 6.07) is 3.14. The van der Waals surface area contributed by atoms with Crippen LogP contribution in [0.25, 0.3) is 0 Å². The summed E-state index contributed by atoms with van der Waals surface area (Å²) in [6.07, 6.45) is 3.81. The predicted octanol–water partition coefficient (Wildman–Crippen LogP) is 1.64. The molecule has 1 aliphatic carbocycles. The number of carbonyl (C=O) groups excluding carboxylic acids is 1. The normalized spacial score (nSPS) is 21.9. The van der Waals surface area contributed by atoms with Gasteiger partial charge in [-0.05, 0) is 62.8 Å². The fourth-order valence-electron chi connectivity index (χ4n) is 2.97. The van der Waals surface area contributed by atoms with Crippen LogP contribution in [0.3, 0.4) is 0 Å². The molecule has 1 aromatic rings. The zero-order valence-electron chi connectivity index (χ0n) is 13.8. The van der Waals surface area contributed by atoms with E-state index in [9.17, 15) is 13.2 Å². The van der Waals surface area contributed by atoms with E-state index in [1.807, 2.05) is 0 Å². The molecule has 7 heteroatoms. The van der Waals surface area contributed by atoms with Crippen LogP contribution in [0, 0.1) is 13.8 Å². The molecule has 2 rings (SSSR count). The van der Waals surface area contributed by atoms with Gasteiger partial charge in [0.15, 0.2) is 0 Å². The minimum Gasteiger partial charge on any atom is -0.381 e. The van der Waals surface area contributed by atoms with Crippen molar-refractivity contribution in [3.8, 4) is 0 Å². The highest BCUT2D eigenvalue weighted by Gasteiger charge is 2.23. The van der Waals surface area contributed by atoms with Crippen molar-refractivity contribution in [1.82, 2.24) is 5.32 Å². The van der Waals surface area contributed by atoms with Crippen LogP contribution in [0.5, 0.6) is 0 Å². The van der Waals surface area contributed by atoms with E-state index < -0.39 is 10.0 Å². The van der Waals surface area contributed by atoms with Gasteiger partial charge in [0.05, 0.1) is 11.0 Å². The Bertz CT molecular complexity index is 692. The van der Waals surface area contributed by atoms with E-state index in [0.717, 1.165) is 31.2 Å². The first-order valence-electron chi connectivity index (χ1n) is 7.70. The Morgan fingerprint density at radius 2 is 1.83 bits per heavy atom. The van der Waals surface area contributed by atoms with Gasteiger partial charge >= 0.3 is 0 Å². The summed E-state index contributed by atoms with van der Waals surface area (Å²) in [5, 5.41) is 8.21. The fraction of sp³-hybridized carbons (Fsp3) is 0.562. The molecule has 3 N–H and O–H groups in total. The number of primary sulfonamides is 1. The van der Waals surface area contributed by atoms with Gasteiger partial charge in [0.2, 0.25) is 10.0 Å². The molecular weight excluding hydrogens is 316 g/mol. The molecule has 1 saturated carbocycles. The highest BCUT2D eigenvalue weighted by molar-refractivity contribution is 7.89. The number of amides is 1. The van der Waals surface area contributed by atoms with Gasteiger partial charge in [-0.25, -0.2) is 13.6 Å². The smallest absolute Gasteiger partial charge is 0.251 e. The minimum absolute atomic E-state index is 0.00532. The average molecular weight is 340 g/mol. The average Bonchev–Trinajstić information content (AvgIpc) is 2.49. The van der Waals surface area contributed by atoms with E-state index in [4.69, 9.17) is 9.88 Å². The van der Waals surface area contributed by atoms with Gasteiger partial charge in [0.1, 0.15) is 0 Å². The molecule has 1 aliphatic rings. The molecular formula is C16H24N2O4S. The molecule has 6 nitrogen and oxygen atoms in total. The van der Waals surface area contributed by atoms with Crippen LogP contribution >= 0.6 is 0 Å². The Balaban J connectivity index is 2.16. The molecule has 0 aliphatic heterocycles. The zero-order chi connectivity index (χ0) is 17.2. The van der Waals surface area contributed by atoms with Gasteiger partial charge < -0.3 is 10.1 Å². The molecule has 0 atom stereocenters. The van der Waals surface area contributed by atoms with Crippen LogP contribution in [0.4, 0.5) is 0 Å². The fourth-order valence-corrected chi connectivity index (χ4v) is 3.84. The van der Waals surface area contributed by atoms with E-state index in [2.05, 4.69) is 5.32 Å².